The molecule has 0 aromatic rings. The van der Waals surface area contributed by atoms with E-state index in [0.717, 1.165) is 17.9 Å². The molecule has 0 radical (unpaired) electrons. The summed E-state index contributed by atoms with van der Waals surface area (Å²) in [6.45, 7) is 10.0. The molecule has 0 atom stereocenters. The van der Waals surface area contributed by atoms with E-state index in [-0.39, 0.29) is 0 Å². The number of nitrogens with zero attached hydrogens (tertiary/aromatic N) is 1. The first-order valence-electron chi connectivity index (χ1n) is 7.71. The molecular formula is C15H30N2. The van der Waals surface area contributed by atoms with E-state index in [4.69, 9.17) is 0 Å². The minimum Gasteiger partial charge on any atom is -0.314 e. The Morgan fingerprint density at radius 2 is 1.76 bits per heavy atom. The van der Waals surface area contributed by atoms with Gasteiger partial charge in [-0.3, -0.25) is 0 Å². The van der Waals surface area contributed by atoms with Crippen molar-refractivity contribution < 1.29 is 0 Å². The van der Waals surface area contributed by atoms with Gasteiger partial charge in [0.25, 0.3) is 0 Å². The lowest BCUT2D eigenvalue weighted by molar-refractivity contribution is 0.156. The Morgan fingerprint density at radius 1 is 1.06 bits per heavy atom. The van der Waals surface area contributed by atoms with Crippen LogP contribution in [0.25, 0.3) is 0 Å². The quantitative estimate of drug-likeness (QED) is 0.686. The lowest BCUT2D eigenvalue weighted by Crippen LogP contribution is -2.36. The van der Waals surface area contributed by atoms with Gasteiger partial charge in [-0.05, 0) is 76.5 Å². The minimum atomic E-state index is 0.886. The number of nitrogens with one attached hydrogen (secondary N) is 1. The van der Waals surface area contributed by atoms with E-state index in [0.29, 0.717) is 0 Å². The fraction of sp³-hybridized carbons (Fsp3) is 1.00. The highest BCUT2D eigenvalue weighted by molar-refractivity contribution is 4.80. The molecule has 2 aliphatic rings. The van der Waals surface area contributed by atoms with Crippen LogP contribution in [0.5, 0.6) is 0 Å². The molecular weight excluding hydrogens is 208 g/mol. The lowest BCUT2D eigenvalue weighted by atomic mass is 9.87. The summed E-state index contributed by atoms with van der Waals surface area (Å²) in [7, 11) is 0. The maximum Gasteiger partial charge on any atom is 0.00682 e. The van der Waals surface area contributed by atoms with Crippen LogP contribution in [0, 0.1) is 11.8 Å². The molecule has 1 aliphatic heterocycles. The molecule has 0 bridgehead atoms. The third kappa shape index (κ3) is 4.97. The zero-order valence-electron chi connectivity index (χ0n) is 11.8. The first-order chi connectivity index (χ1) is 8.25. The van der Waals surface area contributed by atoms with Crippen molar-refractivity contribution in [1.29, 1.82) is 0 Å². The normalized spacial score (nSPS) is 23.5. The summed E-state index contributed by atoms with van der Waals surface area (Å²) in [5, 5.41) is 3.60. The minimum absolute atomic E-state index is 0.886. The largest absolute Gasteiger partial charge is 0.314 e. The Morgan fingerprint density at radius 3 is 2.35 bits per heavy atom. The van der Waals surface area contributed by atoms with Crippen LogP contribution in [0.3, 0.4) is 0 Å². The second-order valence-electron chi connectivity index (χ2n) is 6.36. The molecule has 0 amide bonds. The third-order valence-electron chi connectivity index (χ3n) is 4.49. The van der Waals surface area contributed by atoms with E-state index in [2.05, 4.69) is 24.1 Å². The Labute approximate surface area is 107 Å². The summed E-state index contributed by atoms with van der Waals surface area (Å²) in [4.78, 5) is 2.68. The summed E-state index contributed by atoms with van der Waals surface area (Å²) in [5.41, 5.74) is 0. The van der Waals surface area contributed by atoms with Crippen LogP contribution in [-0.2, 0) is 0 Å². The molecule has 2 rings (SSSR count). The molecule has 1 N–H and O–H groups in total. The number of unbranched alkanes of at least 4 members (excludes halogenated alkanes) is 1. The van der Waals surface area contributed by atoms with Crippen LogP contribution in [0.2, 0.25) is 0 Å². The molecule has 2 heteroatoms. The van der Waals surface area contributed by atoms with Gasteiger partial charge in [0, 0.05) is 6.04 Å². The third-order valence-corrected chi connectivity index (χ3v) is 4.49. The number of rotatable bonds is 7. The van der Waals surface area contributed by atoms with E-state index < -0.39 is 0 Å². The van der Waals surface area contributed by atoms with Crippen molar-refractivity contribution in [3.8, 4) is 0 Å². The van der Waals surface area contributed by atoms with Gasteiger partial charge < -0.3 is 10.2 Å². The summed E-state index contributed by atoms with van der Waals surface area (Å²) in [6.07, 6.45) is 8.44. The fourth-order valence-corrected chi connectivity index (χ4v) is 2.90. The first kappa shape index (κ1) is 13.4. The molecule has 0 unspecified atom stereocenters. The maximum absolute atomic E-state index is 3.60. The Bertz CT molecular complexity index is 203. The van der Waals surface area contributed by atoms with Gasteiger partial charge in [0.2, 0.25) is 0 Å². The van der Waals surface area contributed by atoms with Gasteiger partial charge in [0.15, 0.2) is 0 Å². The monoisotopic (exact) mass is 238 g/mol. The lowest BCUT2D eigenvalue weighted by Gasteiger charge is -2.33. The van der Waals surface area contributed by atoms with Crippen molar-refractivity contribution >= 4 is 0 Å². The smallest absolute Gasteiger partial charge is 0.00682 e. The van der Waals surface area contributed by atoms with Crippen LogP contribution in [0.1, 0.15) is 52.4 Å². The standard InChI is InChI=1S/C15H30N2/c1-13(2)14-7-11-17(12-8-14)10-4-3-9-16-15-5-6-15/h13-16H,3-12H2,1-2H3. The molecule has 1 heterocycles. The van der Waals surface area contributed by atoms with Crippen LogP contribution in [0.15, 0.2) is 0 Å². The SMILES string of the molecule is CC(C)C1CCN(CCCCNC2CC2)CC1. The average Bonchev–Trinajstić information content (AvgIpc) is 3.13. The van der Waals surface area contributed by atoms with Gasteiger partial charge in [-0.25, -0.2) is 0 Å². The van der Waals surface area contributed by atoms with Gasteiger partial charge in [-0.15, -0.1) is 0 Å². The molecule has 0 aromatic carbocycles. The summed E-state index contributed by atoms with van der Waals surface area (Å²) in [5.74, 6) is 1.88. The summed E-state index contributed by atoms with van der Waals surface area (Å²) >= 11 is 0. The Balaban J connectivity index is 1.46. The predicted octanol–water partition coefficient (Wildman–Crippen LogP) is 2.89. The predicted molar refractivity (Wildman–Crippen MR) is 74.3 cm³/mol. The number of piperidine rings is 1. The van der Waals surface area contributed by atoms with Gasteiger partial charge in [-0.1, -0.05) is 13.8 Å². The zero-order chi connectivity index (χ0) is 12.1. The van der Waals surface area contributed by atoms with Gasteiger partial charge >= 0.3 is 0 Å². The highest BCUT2D eigenvalue weighted by atomic mass is 15.1. The van der Waals surface area contributed by atoms with Gasteiger partial charge in [0.1, 0.15) is 0 Å². The molecule has 1 saturated carbocycles. The topological polar surface area (TPSA) is 15.3 Å². The van der Waals surface area contributed by atoms with Gasteiger partial charge in [-0.2, -0.15) is 0 Å². The molecule has 1 saturated heterocycles. The second kappa shape index (κ2) is 6.75. The molecule has 100 valence electrons. The van der Waals surface area contributed by atoms with E-state index in [1.165, 1.54) is 64.7 Å². The van der Waals surface area contributed by atoms with Crippen molar-refractivity contribution in [3.63, 3.8) is 0 Å². The van der Waals surface area contributed by atoms with Crippen molar-refractivity contribution in [1.82, 2.24) is 10.2 Å². The highest BCUT2D eigenvalue weighted by Crippen LogP contribution is 2.24. The number of hydrogen-bond donors (Lipinski definition) is 1. The fourth-order valence-electron chi connectivity index (χ4n) is 2.90. The van der Waals surface area contributed by atoms with Crippen molar-refractivity contribution in [2.24, 2.45) is 11.8 Å². The number of hydrogen-bond acceptors (Lipinski definition) is 2. The summed E-state index contributed by atoms with van der Waals surface area (Å²) < 4.78 is 0. The average molecular weight is 238 g/mol. The van der Waals surface area contributed by atoms with Crippen molar-refractivity contribution in [3.05, 3.63) is 0 Å². The van der Waals surface area contributed by atoms with Gasteiger partial charge in [0.05, 0.1) is 0 Å². The zero-order valence-corrected chi connectivity index (χ0v) is 11.8. The van der Waals surface area contributed by atoms with Crippen molar-refractivity contribution in [2.45, 2.75) is 58.4 Å². The van der Waals surface area contributed by atoms with Crippen LogP contribution >= 0.6 is 0 Å². The van der Waals surface area contributed by atoms with Crippen LogP contribution < -0.4 is 5.32 Å². The molecule has 2 nitrogen and oxygen atoms in total. The van der Waals surface area contributed by atoms with Crippen LogP contribution in [0.4, 0.5) is 0 Å². The van der Waals surface area contributed by atoms with E-state index in [9.17, 15) is 0 Å². The van der Waals surface area contributed by atoms with Crippen LogP contribution in [-0.4, -0.2) is 37.1 Å². The van der Waals surface area contributed by atoms with E-state index in [1.807, 2.05) is 0 Å². The molecule has 0 aromatic heterocycles. The summed E-state index contributed by atoms with van der Waals surface area (Å²) in [6, 6.07) is 0.886. The molecule has 1 aliphatic carbocycles. The molecule has 0 spiro atoms. The molecule has 17 heavy (non-hydrogen) atoms. The van der Waals surface area contributed by atoms with E-state index in [1.54, 1.807) is 0 Å². The first-order valence-corrected chi connectivity index (χ1v) is 7.71. The Kier molecular flexibility index (Phi) is 5.30. The molecule has 2 fully saturated rings. The van der Waals surface area contributed by atoms with E-state index >= 15 is 0 Å². The number of likely N-dealkylation sites (tertiary alicyclic amines) is 1. The Hall–Kier alpha value is -0.0800. The van der Waals surface area contributed by atoms with Crippen molar-refractivity contribution in [2.75, 3.05) is 26.2 Å². The highest BCUT2D eigenvalue weighted by Gasteiger charge is 2.21. The second-order valence-corrected chi connectivity index (χ2v) is 6.36. The maximum atomic E-state index is 3.60.